The van der Waals surface area contributed by atoms with Crippen molar-refractivity contribution in [3.63, 3.8) is 0 Å². The van der Waals surface area contributed by atoms with E-state index >= 15 is 0 Å². The summed E-state index contributed by atoms with van der Waals surface area (Å²) in [5, 5.41) is 9.49. The first kappa shape index (κ1) is 9.46. The van der Waals surface area contributed by atoms with Gasteiger partial charge in [0.05, 0.1) is 0 Å². The minimum atomic E-state index is 0.414. The van der Waals surface area contributed by atoms with Crippen molar-refractivity contribution < 1.29 is 5.11 Å². The smallest absolute Gasteiger partial charge is 0.119 e. The van der Waals surface area contributed by atoms with Gasteiger partial charge in [-0.05, 0) is 42.7 Å². The Hall–Kier alpha value is -0.630. The first-order chi connectivity index (χ1) is 5.74. The van der Waals surface area contributed by atoms with Gasteiger partial charge in [0.1, 0.15) is 5.75 Å². The molecule has 0 aliphatic heterocycles. The molecule has 1 aromatic carbocycles. The molecular weight excluding hydrogens is 168 g/mol. The third-order valence-electron chi connectivity index (χ3n) is 1.85. The lowest BCUT2D eigenvalue weighted by atomic mass is 10.1. The Bertz CT molecular complexity index is 258. The van der Waals surface area contributed by atoms with E-state index in [9.17, 15) is 5.11 Å². The third kappa shape index (κ3) is 2.45. The fourth-order valence-corrected chi connectivity index (χ4v) is 1.31. The van der Waals surface area contributed by atoms with Gasteiger partial charge in [0.25, 0.3) is 0 Å². The molecule has 66 valence electrons. The molecule has 0 saturated carbocycles. The lowest BCUT2D eigenvalue weighted by molar-refractivity contribution is 0.467. The molecule has 12 heavy (non-hydrogen) atoms. The molecule has 0 amide bonds. The van der Waals surface area contributed by atoms with E-state index in [4.69, 9.17) is 0 Å². The van der Waals surface area contributed by atoms with Crippen molar-refractivity contribution in [1.82, 2.24) is 0 Å². The molecular formula is C10H14OS. The molecule has 1 rings (SSSR count). The van der Waals surface area contributed by atoms with Crippen molar-refractivity contribution in [2.75, 3.05) is 5.75 Å². The number of hydrogen-bond donors (Lipinski definition) is 2. The second-order valence-corrected chi connectivity index (χ2v) is 3.41. The zero-order valence-electron chi connectivity index (χ0n) is 7.25. The van der Waals surface area contributed by atoms with Gasteiger partial charge in [0.15, 0.2) is 0 Å². The Morgan fingerprint density at radius 3 is 2.75 bits per heavy atom. The highest BCUT2D eigenvalue weighted by atomic mass is 32.1. The number of aryl methyl sites for hydroxylation is 2. The molecule has 1 nitrogen and oxygen atoms in total. The first-order valence-corrected chi connectivity index (χ1v) is 4.76. The lowest BCUT2D eigenvalue weighted by Crippen LogP contribution is -1.87. The van der Waals surface area contributed by atoms with Crippen LogP contribution >= 0.6 is 12.6 Å². The number of hydrogen-bond acceptors (Lipinski definition) is 2. The summed E-state index contributed by atoms with van der Waals surface area (Å²) in [5.74, 6) is 1.28. The van der Waals surface area contributed by atoms with Crippen LogP contribution in [0.15, 0.2) is 18.2 Å². The average Bonchev–Trinajstić information content (AvgIpc) is 2.03. The summed E-state index contributed by atoms with van der Waals surface area (Å²) in [6.07, 6.45) is 1.93. The predicted molar refractivity (Wildman–Crippen MR) is 55.0 cm³/mol. The SMILES string of the molecule is Cc1ccc(CCCS)c(O)c1. The second-order valence-electron chi connectivity index (χ2n) is 2.96. The zero-order valence-corrected chi connectivity index (χ0v) is 8.14. The zero-order chi connectivity index (χ0) is 8.97. The van der Waals surface area contributed by atoms with Crippen molar-refractivity contribution in [2.45, 2.75) is 19.8 Å². The maximum absolute atomic E-state index is 9.49. The standard InChI is InChI=1S/C10H14OS/c1-8-4-5-9(3-2-6-12)10(11)7-8/h4-5,7,11-12H,2-3,6H2,1H3. The summed E-state index contributed by atoms with van der Waals surface area (Å²) in [6, 6.07) is 5.80. The average molecular weight is 182 g/mol. The van der Waals surface area contributed by atoms with Gasteiger partial charge in [0.2, 0.25) is 0 Å². The van der Waals surface area contributed by atoms with Gasteiger partial charge in [0, 0.05) is 0 Å². The maximum atomic E-state index is 9.49. The molecule has 0 spiro atoms. The summed E-state index contributed by atoms with van der Waals surface area (Å²) < 4.78 is 0. The number of benzene rings is 1. The quantitative estimate of drug-likeness (QED) is 0.688. The summed E-state index contributed by atoms with van der Waals surface area (Å²) in [6.45, 7) is 1.97. The molecule has 0 radical (unpaired) electrons. The minimum Gasteiger partial charge on any atom is -0.508 e. The van der Waals surface area contributed by atoms with Crippen molar-refractivity contribution in [1.29, 1.82) is 0 Å². The summed E-state index contributed by atoms with van der Waals surface area (Å²) in [5.41, 5.74) is 2.12. The largest absolute Gasteiger partial charge is 0.508 e. The molecule has 0 bridgehead atoms. The summed E-state index contributed by atoms with van der Waals surface area (Å²) in [7, 11) is 0. The number of rotatable bonds is 3. The summed E-state index contributed by atoms with van der Waals surface area (Å²) >= 11 is 4.12. The fraction of sp³-hybridized carbons (Fsp3) is 0.400. The van der Waals surface area contributed by atoms with Crippen molar-refractivity contribution in [3.8, 4) is 5.75 Å². The molecule has 0 atom stereocenters. The van der Waals surface area contributed by atoms with Crippen LogP contribution in [0.2, 0.25) is 0 Å². The monoisotopic (exact) mass is 182 g/mol. The van der Waals surface area contributed by atoms with Crippen molar-refractivity contribution >= 4 is 12.6 Å². The van der Waals surface area contributed by atoms with Gasteiger partial charge in [-0.2, -0.15) is 12.6 Å². The third-order valence-corrected chi connectivity index (χ3v) is 2.16. The van der Waals surface area contributed by atoms with Crippen LogP contribution in [-0.4, -0.2) is 10.9 Å². The van der Waals surface area contributed by atoms with Gasteiger partial charge in [-0.25, -0.2) is 0 Å². The van der Waals surface area contributed by atoms with E-state index in [0.29, 0.717) is 5.75 Å². The van der Waals surface area contributed by atoms with Crippen molar-refractivity contribution in [3.05, 3.63) is 29.3 Å². The van der Waals surface area contributed by atoms with Crippen LogP contribution in [0.25, 0.3) is 0 Å². The Balaban J connectivity index is 2.72. The topological polar surface area (TPSA) is 20.2 Å². The van der Waals surface area contributed by atoms with E-state index in [-0.39, 0.29) is 0 Å². The van der Waals surface area contributed by atoms with Crippen LogP contribution in [0.3, 0.4) is 0 Å². The second kappa shape index (κ2) is 4.41. The maximum Gasteiger partial charge on any atom is 0.119 e. The highest BCUT2D eigenvalue weighted by Gasteiger charge is 1.99. The molecule has 1 N–H and O–H groups in total. The molecule has 1 aromatic rings. The van der Waals surface area contributed by atoms with E-state index < -0.39 is 0 Å². The van der Waals surface area contributed by atoms with Gasteiger partial charge in [-0.3, -0.25) is 0 Å². The van der Waals surface area contributed by atoms with E-state index in [2.05, 4.69) is 12.6 Å². The Labute approximate surface area is 78.8 Å². The first-order valence-electron chi connectivity index (χ1n) is 4.13. The molecule has 2 heteroatoms. The van der Waals surface area contributed by atoms with Crippen LogP contribution < -0.4 is 0 Å². The molecule has 0 fully saturated rings. The molecule has 0 heterocycles. The van der Waals surface area contributed by atoms with Gasteiger partial charge in [-0.1, -0.05) is 12.1 Å². The fourth-order valence-electron chi connectivity index (χ4n) is 1.15. The Kier molecular flexibility index (Phi) is 3.48. The molecule has 0 unspecified atom stereocenters. The van der Waals surface area contributed by atoms with Gasteiger partial charge >= 0.3 is 0 Å². The predicted octanol–water partition coefficient (Wildman–Crippen LogP) is 2.56. The van der Waals surface area contributed by atoms with Gasteiger partial charge in [-0.15, -0.1) is 0 Å². The molecule has 0 aliphatic carbocycles. The van der Waals surface area contributed by atoms with E-state index in [1.54, 1.807) is 6.07 Å². The number of phenols is 1. The minimum absolute atomic E-state index is 0.414. The van der Waals surface area contributed by atoms with Crippen LogP contribution in [0.4, 0.5) is 0 Å². The van der Waals surface area contributed by atoms with E-state index in [1.807, 2.05) is 19.1 Å². The number of thiol groups is 1. The summed E-state index contributed by atoms with van der Waals surface area (Å²) in [4.78, 5) is 0. The Morgan fingerprint density at radius 2 is 2.17 bits per heavy atom. The number of phenolic OH excluding ortho intramolecular Hbond substituents is 1. The number of aromatic hydroxyl groups is 1. The van der Waals surface area contributed by atoms with Crippen LogP contribution in [-0.2, 0) is 6.42 Å². The molecule has 0 saturated heterocycles. The highest BCUT2D eigenvalue weighted by molar-refractivity contribution is 7.80. The molecule has 0 aromatic heterocycles. The van der Waals surface area contributed by atoms with Crippen LogP contribution in [0.5, 0.6) is 5.75 Å². The van der Waals surface area contributed by atoms with Gasteiger partial charge < -0.3 is 5.11 Å². The Morgan fingerprint density at radius 1 is 1.42 bits per heavy atom. The highest BCUT2D eigenvalue weighted by Crippen LogP contribution is 2.19. The van der Waals surface area contributed by atoms with Crippen molar-refractivity contribution in [2.24, 2.45) is 0 Å². The van der Waals surface area contributed by atoms with Crippen LogP contribution in [0.1, 0.15) is 17.5 Å². The van der Waals surface area contributed by atoms with E-state index in [1.165, 1.54) is 0 Å². The van der Waals surface area contributed by atoms with E-state index in [0.717, 1.165) is 29.7 Å². The lowest BCUT2D eigenvalue weighted by Gasteiger charge is -2.03. The van der Waals surface area contributed by atoms with Crippen LogP contribution in [0, 0.1) is 6.92 Å². The molecule has 0 aliphatic rings. The normalized spacial score (nSPS) is 10.2.